The lowest BCUT2D eigenvalue weighted by atomic mass is 10.1. The van der Waals surface area contributed by atoms with Crippen molar-refractivity contribution in [1.82, 2.24) is 0 Å². The van der Waals surface area contributed by atoms with Crippen molar-refractivity contribution >= 4 is 27.6 Å². The summed E-state index contributed by atoms with van der Waals surface area (Å²) in [5.74, 6) is 0. The Morgan fingerprint density at radius 3 is 2.33 bits per heavy atom. The Hall–Kier alpha value is -1.38. The van der Waals surface area contributed by atoms with E-state index in [2.05, 4.69) is 6.92 Å². The van der Waals surface area contributed by atoms with Crippen LogP contribution in [0.2, 0.25) is 0 Å². The second-order valence-corrected chi connectivity index (χ2v) is 4.32. The largest absolute Gasteiger partial charge is 0.330 e. The van der Waals surface area contributed by atoms with Crippen molar-refractivity contribution in [3.05, 3.63) is 48.0 Å². The van der Waals surface area contributed by atoms with Crippen molar-refractivity contribution in [2.75, 3.05) is 6.54 Å². The van der Waals surface area contributed by atoms with E-state index in [-0.39, 0.29) is 0 Å². The maximum Gasteiger partial charge on any atom is 0.252 e. The predicted molar refractivity (Wildman–Crippen MR) is 78.1 cm³/mol. The van der Waals surface area contributed by atoms with Crippen molar-refractivity contribution < 1.29 is 4.79 Å². The van der Waals surface area contributed by atoms with Gasteiger partial charge in [0.25, 0.3) is 5.24 Å². The van der Waals surface area contributed by atoms with Crippen molar-refractivity contribution in [2.24, 2.45) is 5.73 Å². The summed E-state index contributed by atoms with van der Waals surface area (Å²) in [6.07, 6.45) is 2.39. The fourth-order valence-corrected chi connectivity index (χ4v) is 1.63. The maximum absolute atomic E-state index is 10.9. The minimum Gasteiger partial charge on any atom is -0.330 e. The third kappa shape index (κ3) is 4.47. The van der Waals surface area contributed by atoms with Crippen LogP contribution in [-0.4, -0.2) is 11.8 Å². The Kier molecular flexibility index (Phi) is 6.40. The molecule has 0 saturated carbocycles. The lowest BCUT2D eigenvalue weighted by Gasteiger charge is -1.98. The molecule has 2 N–H and O–H groups in total. The Balaban J connectivity index is 0.000000280. The minimum atomic E-state index is -0.411. The average Bonchev–Trinajstić information content (AvgIpc) is 2.40. The van der Waals surface area contributed by atoms with Gasteiger partial charge < -0.3 is 5.73 Å². The first-order valence-electron chi connectivity index (χ1n) is 6.07. The molecule has 3 heteroatoms. The molecule has 2 nitrogen and oxygen atoms in total. The zero-order valence-corrected chi connectivity index (χ0v) is 11.3. The zero-order valence-electron chi connectivity index (χ0n) is 10.5. The van der Waals surface area contributed by atoms with Crippen molar-refractivity contribution in [3.8, 4) is 0 Å². The number of hydrogen-bond acceptors (Lipinski definition) is 2. The van der Waals surface area contributed by atoms with Gasteiger partial charge >= 0.3 is 0 Å². The van der Waals surface area contributed by atoms with E-state index in [1.54, 1.807) is 12.1 Å². The van der Waals surface area contributed by atoms with E-state index in [1.807, 2.05) is 30.3 Å². The van der Waals surface area contributed by atoms with Gasteiger partial charge in [0, 0.05) is 5.56 Å². The monoisotopic (exact) mass is 263 g/mol. The molecule has 18 heavy (non-hydrogen) atoms. The second kappa shape index (κ2) is 7.85. The molecule has 2 rings (SSSR count). The van der Waals surface area contributed by atoms with Crippen LogP contribution < -0.4 is 5.73 Å². The molecule has 0 aliphatic rings. The van der Waals surface area contributed by atoms with Gasteiger partial charge in [-0.15, -0.1) is 0 Å². The van der Waals surface area contributed by atoms with Crippen LogP contribution in [0, 0.1) is 0 Å². The molecule has 0 heterocycles. The van der Waals surface area contributed by atoms with E-state index < -0.39 is 5.24 Å². The summed E-state index contributed by atoms with van der Waals surface area (Å²) in [4.78, 5) is 10.9. The number of fused-ring (bicyclic) bond motifs is 1. The normalized spacial score (nSPS) is 9.72. The summed E-state index contributed by atoms with van der Waals surface area (Å²) in [5.41, 5.74) is 5.68. The molecular weight excluding hydrogens is 246 g/mol. The molecule has 0 bridgehead atoms. The van der Waals surface area contributed by atoms with Gasteiger partial charge in [-0.25, -0.2) is 0 Å². The molecular formula is C15H18ClNO. The van der Waals surface area contributed by atoms with E-state index in [4.69, 9.17) is 17.3 Å². The number of nitrogens with two attached hydrogens (primary N) is 1. The molecule has 0 amide bonds. The standard InChI is InChI=1S/C11H7ClO.C4H11N/c12-11(13)10-6-5-8-3-1-2-4-9(8)7-10;1-2-3-4-5/h1-7H;2-5H2,1H3. The molecule has 0 saturated heterocycles. The Labute approximate surface area is 113 Å². The lowest BCUT2D eigenvalue weighted by molar-refractivity contribution is 0.108. The lowest BCUT2D eigenvalue weighted by Crippen LogP contribution is -1.95. The number of halogens is 1. The van der Waals surface area contributed by atoms with E-state index in [1.165, 1.54) is 12.8 Å². The third-order valence-corrected chi connectivity index (χ3v) is 2.75. The Morgan fingerprint density at radius 2 is 1.83 bits per heavy atom. The molecule has 0 unspecified atom stereocenters. The van der Waals surface area contributed by atoms with Gasteiger partial charge in [-0.1, -0.05) is 43.7 Å². The van der Waals surface area contributed by atoms with Gasteiger partial charge in [-0.3, -0.25) is 4.79 Å². The first-order valence-corrected chi connectivity index (χ1v) is 6.45. The van der Waals surface area contributed by atoms with Crippen LogP contribution in [0.3, 0.4) is 0 Å². The van der Waals surface area contributed by atoms with Crippen LogP contribution in [0.15, 0.2) is 42.5 Å². The highest BCUT2D eigenvalue weighted by atomic mass is 35.5. The van der Waals surface area contributed by atoms with Crippen LogP contribution in [0.1, 0.15) is 30.1 Å². The van der Waals surface area contributed by atoms with Gasteiger partial charge in [0.15, 0.2) is 0 Å². The molecule has 2 aromatic carbocycles. The number of hydrogen-bond donors (Lipinski definition) is 1. The van der Waals surface area contributed by atoms with Crippen LogP contribution in [0.4, 0.5) is 0 Å². The number of carbonyl (C=O) groups is 1. The van der Waals surface area contributed by atoms with Gasteiger partial charge in [0.05, 0.1) is 0 Å². The van der Waals surface area contributed by atoms with Gasteiger partial charge in [-0.05, 0) is 47.5 Å². The topological polar surface area (TPSA) is 43.1 Å². The van der Waals surface area contributed by atoms with Crippen molar-refractivity contribution in [3.63, 3.8) is 0 Å². The Morgan fingerprint density at radius 1 is 1.17 bits per heavy atom. The fourth-order valence-electron chi connectivity index (χ4n) is 1.52. The smallest absolute Gasteiger partial charge is 0.252 e. The predicted octanol–water partition coefficient (Wildman–Crippen LogP) is 3.96. The molecule has 0 fully saturated rings. The number of unbranched alkanes of at least 4 members (excludes halogenated alkanes) is 1. The summed E-state index contributed by atoms with van der Waals surface area (Å²) in [5, 5.41) is 1.74. The van der Waals surface area contributed by atoms with Gasteiger partial charge in [-0.2, -0.15) is 0 Å². The number of benzene rings is 2. The number of rotatable bonds is 3. The first-order chi connectivity index (χ1) is 8.69. The summed E-state index contributed by atoms with van der Waals surface area (Å²) < 4.78 is 0. The third-order valence-electron chi connectivity index (χ3n) is 2.53. The molecule has 0 aliphatic heterocycles. The van der Waals surface area contributed by atoms with Gasteiger partial charge in [0.2, 0.25) is 0 Å². The quantitative estimate of drug-likeness (QED) is 0.852. The van der Waals surface area contributed by atoms with E-state index in [0.717, 1.165) is 17.3 Å². The zero-order chi connectivity index (χ0) is 13.4. The first kappa shape index (κ1) is 14.7. The molecule has 0 radical (unpaired) electrons. The molecule has 0 aliphatic carbocycles. The highest BCUT2D eigenvalue weighted by molar-refractivity contribution is 6.67. The maximum atomic E-state index is 10.9. The van der Waals surface area contributed by atoms with Gasteiger partial charge in [0.1, 0.15) is 0 Å². The summed E-state index contributed by atoms with van der Waals surface area (Å²) >= 11 is 5.36. The fraction of sp³-hybridized carbons (Fsp3) is 0.267. The van der Waals surface area contributed by atoms with Crippen LogP contribution in [0.5, 0.6) is 0 Å². The number of carbonyl (C=O) groups excluding carboxylic acids is 1. The van der Waals surface area contributed by atoms with Crippen LogP contribution in [-0.2, 0) is 0 Å². The van der Waals surface area contributed by atoms with Crippen LogP contribution >= 0.6 is 11.6 Å². The molecule has 0 atom stereocenters. The summed E-state index contributed by atoms with van der Waals surface area (Å²) in [6.45, 7) is 2.98. The second-order valence-electron chi connectivity index (χ2n) is 3.98. The SMILES string of the molecule is CCCCN.O=C(Cl)c1ccc2ccccc2c1. The summed E-state index contributed by atoms with van der Waals surface area (Å²) in [6, 6.07) is 13.3. The summed E-state index contributed by atoms with van der Waals surface area (Å²) in [7, 11) is 0. The molecule has 0 spiro atoms. The van der Waals surface area contributed by atoms with E-state index in [9.17, 15) is 4.79 Å². The van der Waals surface area contributed by atoms with Crippen LogP contribution in [0.25, 0.3) is 10.8 Å². The minimum absolute atomic E-state index is 0.411. The highest BCUT2D eigenvalue weighted by Crippen LogP contribution is 2.16. The molecule has 96 valence electrons. The molecule has 0 aromatic heterocycles. The average molecular weight is 264 g/mol. The van der Waals surface area contributed by atoms with Crippen molar-refractivity contribution in [2.45, 2.75) is 19.8 Å². The van der Waals surface area contributed by atoms with Crippen molar-refractivity contribution in [1.29, 1.82) is 0 Å². The Bertz CT molecular complexity index is 509. The highest BCUT2D eigenvalue weighted by Gasteiger charge is 2.01. The van der Waals surface area contributed by atoms with E-state index in [0.29, 0.717) is 5.56 Å². The molecule has 2 aromatic rings. The van der Waals surface area contributed by atoms with E-state index >= 15 is 0 Å².